The second kappa shape index (κ2) is 5.11. The average Bonchev–Trinajstić information content (AvgIpc) is 2.88. The van der Waals surface area contributed by atoms with Gasteiger partial charge >= 0.3 is 0 Å². The summed E-state index contributed by atoms with van der Waals surface area (Å²) in [4.78, 5) is 13.0. The molecule has 23 heavy (non-hydrogen) atoms. The maximum Gasteiger partial charge on any atom is 0.210 e. The van der Waals surface area contributed by atoms with Gasteiger partial charge < -0.3 is 9.84 Å². The van der Waals surface area contributed by atoms with Crippen LogP contribution in [0.25, 0.3) is 0 Å². The van der Waals surface area contributed by atoms with E-state index in [0.29, 0.717) is 18.4 Å². The number of carbonyl (C=O) groups excluding carboxylic acids is 1. The first-order valence-electron chi connectivity index (χ1n) is 8.19. The number of ketones is 1. The third kappa shape index (κ3) is 2.56. The van der Waals surface area contributed by atoms with Crippen molar-refractivity contribution < 1.29 is 14.6 Å². The topological polar surface area (TPSA) is 46.5 Å². The quantitative estimate of drug-likeness (QED) is 0.698. The van der Waals surface area contributed by atoms with Crippen molar-refractivity contribution in [2.24, 2.45) is 11.3 Å². The van der Waals surface area contributed by atoms with Crippen LogP contribution in [0.2, 0.25) is 0 Å². The lowest BCUT2D eigenvalue weighted by molar-refractivity contribution is -0.127. The van der Waals surface area contributed by atoms with Crippen LogP contribution in [0.4, 0.5) is 0 Å². The van der Waals surface area contributed by atoms with Crippen molar-refractivity contribution in [3.63, 3.8) is 0 Å². The summed E-state index contributed by atoms with van der Waals surface area (Å²) < 4.78 is 6.29. The summed E-state index contributed by atoms with van der Waals surface area (Å²) in [5.74, 6) is 7.16. The fourth-order valence-electron chi connectivity index (χ4n) is 3.64. The fourth-order valence-corrected chi connectivity index (χ4v) is 3.64. The number of aliphatic hydroxyl groups excluding tert-OH is 1. The van der Waals surface area contributed by atoms with E-state index in [4.69, 9.17) is 4.74 Å². The van der Waals surface area contributed by atoms with Gasteiger partial charge in [-0.25, -0.2) is 0 Å². The Bertz CT molecular complexity index is 724. The van der Waals surface area contributed by atoms with Crippen LogP contribution >= 0.6 is 0 Å². The van der Waals surface area contributed by atoms with E-state index >= 15 is 0 Å². The van der Waals surface area contributed by atoms with E-state index < -0.39 is 11.7 Å². The molecule has 0 aromatic heterocycles. The first-order chi connectivity index (χ1) is 10.6. The third-order valence-corrected chi connectivity index (χ3v) is 4.93. The van der Waals surface area contributed by atoms with Gasteiger partial charge in [-0.1, -0.05) is 30.9 Å². The molecule has 1 N–H and O–H groups in total. The number of allylic oxidation sites excluding steroid dienone is 2. The largest absolute Gasteiger partial charge is 0.478 e. The Hall–Kier alpha value is -1.79. The zero-order chi connectivity index (χ0) is 17.0. The molecule has 1 spiro atoms. The second-order valence-electron chi connectivity index (χ2n) is 7.73. The highest BCUT2D eigenvalue weighted by molar-refractivity contribution is 6.07. The monoisotopic (exact) mass is 312 g/mol. The standard InChI is InChI=1S/C20H24O3/c1-12-8-15-9-13(2)16(21)6-7-19(4,5)11-17-14(3)18(22)20(15,10-12)23-17/h8-9,12,16,21H,10-11H2,1-5H3/b13-9-/t12-,16?,20+/m0/s1. The van der Waals surface area contributed by atoms with Crippen molar-refractivity contribution in [3.8, 4) is 11.8 Å². The number of carbonyl (C=O) groups is 1. The summed E-state index contributed by atoms with van der Waals surface area (Å²) in [5.41, 5.74) is 1.06. The summed E-state index contributed by atoms with van der Waals surface area (Å²) in [6.45, 7) is 9.82. The van der Waals surface area contributed by atoms with Gasteiger partial charge in [0.05, 0.1) is 0 Å². The zero-order valence-electron chi connectivity index (χ0n) is 14.5. The molecule has 0 radical (unpaired) electrons. The molecular weight excluding hydrogens is 288 g/mol. The summed E-state index contributed by atoms with van der Waals surface area (Å²) in [5, 5.41) is 10.3. The number of hydrogen-bond donors (Lipinski definition) is 1. The van der Waals surface area contributed by atoms with E-state index in [1.807, 2.05) is 33.8 Å². The first kappa shape index (κ1) is 16.1. The van der Waals surface area contributed by atoms with Crippen molar-refractivity contribution in [1.82, 2.24) is 0 Å². The van der Waals surface area contributed by atoms with Crippen molar-refractivity contribution >= 4 is 5.78 Å². The van der Waals surface area contributed by atoms with Crippen LogP contribution in [-0.4, -0.2) is 22.6 Å². The molecule has 2 heterocycles. The van der Waals surface area contributed by atoms with E-state index in [9.17, 15) is 9.90 Å². The number of hydrogen-bond acceptors (Lipinski definition) is 3. The number of fused-ring (bicyclic) bond motifs is 1. The van der Waals surface area contributed by atoms with Crippen LogP contribution in [0.15, 0.2) is 34.6 Å². The Morgan fingerprint density at radius 2 is 2.04 bits per heavy atom. The predicted molar refractivity (Wildman–Crippen MR) is 89.3 cm³/mol. The smallest absolute Gasteiger partial charge is 0.210 e. The molecule has 122 valence electrons. The molecule has 3 heteroatoms. The number of Topliss-reactive ketones (excluding diaryl/α,β-unsaturated/α-hetero) is 1. The van der Waals surface area contributed by atoms with Gasteiger partial charge in [-0.3, -0.25) is 4.79 Å². The Labute approximate surface area is 138 Å². The van der Waals surface area contributed by atoms with Gasteiger partial charge in [-0.15, -0.1) is 0 Å². The number of rotatable bonds is 0. The summed E-state index contributed by atoms with van der Waals surface area (Å²) >= 11 is 0. The summed E-state index contributed by atoms with van der Waals surface area (Å²) in [6.07, 6.45) is 4.39. The molecule has 2 aliphatic heterocycles. The van der Waals surface area contributed by atoms with Crippen LogP contribution in [0.3, 0.4) is 0 Å². The van der Waals surface area contributed by atoms with Gasteiger partial charge in [-0.2, -0.15) is 0 Å². The van der Waals surface area contributed by atoms with Crippen molar-refractivity contribution in [2.75, 3.05) is 0 Å². The molecule has 3 rings (SSSR count). The van der Waals surface area contributed by atoms with Gasteiger partial charge in [0.15, 0.2) is 5.60 Å². The van der Waals surface area contributed by atoms with Crippen molar-refractivity contribution in [3.05, 3.63) is 34.6 Å². The molecule has 0 aromatic carbocycles. The highest BCUT2D eigenvalue weighted by Crippen LogP contribution is 2.48. The highest BCUT2D eigenvalue weighted by atomic mass is 16.5. The number of aliphatic hydroxyl groups is 1. The maximum atomic E-state index is 13.0. The fraction of sp³-hybridized carbons (Fsp3) is 0.550. The van der Waals surface area contributed by atoms with Crippen molar-refractivity contribution in [2.45, 2.75) is 59.2 Å². The van der Waals surface area contributed by atoms with E-state index in [-0.39, 0.29) is 17.1 Å². The SMILES string of the molecule is CC1=C2CC(C)(C)C#CC(O)/C(C)=C\C3=C[C@H](C)C[C@]3(O2)C1=O. The van der Waals surface area contributed by atoms with E-state index in [1.54, 1.807) is 0 Å². The van der Waals surface area contributed by atoms with E-state index in [2.05, 4.69) is 24.8 Å². The molecule has 3 aliphatic rings. The second-order valence-corrected chi connectivity index (χ2v) is 7.73. The Morgan fingerprint density at radius 1 is 1.35 bits per heavy atom. The van der Waals surface area contributed by atoms with Gasteiger partial charge in [0, 0.05) is 23.8 Å². The van der Waals surface area contributed by atoms with E-state index in [1.165, 1.54) is 0 Å². The molecule has 1 unspecified atom stereocenters. The predicted octanol–water partition coefficient (Wildman–Crippen LogP) is 3.31. The minimum absolute atomic E-state index is 0.0611. The maximum absolute atomic E-state index is 13.0. The molecule has 0 amide bonds. The van der Waals surface area contributed by atoms with E-state index in [0.717, 1.165) is 16.9 Å². The van der Waals surface area contributed by atoms with Gasteiger partial charge in [0.25, 0.3) is 0 Å². The molecule has 1 aliphatic carbocycles. The lowest BCUT2D eigenvalue weighted by Gasteiger charge is -2.28. The summed E-state index contributed by atoms with van der Waals surface area (Å²) in [7, 11) is 0. The Kier molecular flexibility index (Phi) is 3.57. The first-order valence-corrected chi connectivity index (χ1v) is 8.19. The van der Waals surface area contributed by atoms with Crippen LogP contribution in [0, 0.1) is 23.2 Å². The molecule has 0 aromatic rings. The Balaban J connectivity index is 2.18. The molecule has 3 nitrogen and oxygen atoms in total. The molecule has 0 saturated carbocycles. The highest BCUT2D eigenvalue weighted by Gasteiger charge is 2.53. The van der Waals surface area contributed by atoms with Crippen LogP contribution in [0.1, 0.15) is 47.5 Å². The Morgan fingerprint density at radius 3 is 2.74 bits per heavy atom. The number of ether oxygens (including phenoxy) is 1. The average molecular weight is 312 g/mol. The van der Waals surface area contributed by atoms with Gasteiger partial charge in [-0.05, 0) is 44.8 Å². The van der Waals surface area contributed by atoms with Crippen molar-refractivity contribution in [1.29, 1.82) is 0 Å². The summed E-state index contributed by atoms with van der Waals surface area (Å²) in [6, 6.07) is 0. The van der Waals surface area contributed by atoms with Gasteiger partial charge in [0.2, 0.25) is 5.78 Å². The molecule has 3 atom stereocenters. The lowest BCUT2D eigenvalue weighted by Crippen LogP contribution is -2.37. The zero-order valence-corrected chi connectivity index (χ0v) is 14.5. The normalized spacial score (nSPS) is 37.7. The lowest BCUT2D eigenvalue weighted by atomic mass is 9.84. The van der Waals surface area contributed by atoms with Crippen LogP contribution in [0.5, 0.6) is 0 Å². The minimum atomic E-state index is -0.903. The minimum Gasteiger partial charge on any atom is -0.478 e. The molecule has 2 bridgehead atoms. The van der Waals surface area contributed by atoms with Crippen LogP contribution < -0.4 is 0 Å². The molecule has 0 fully saturated rings. The molecule has 0 saturated heterocycles. The molecular formula is C20H24O3. The van der Waals surface area contributed by atoms with Gasteiger partial charge in [0.1, 0.15) is 11.9 Å². The van der Waals surface area contributed by atoms with Crippen LogP contribution in [-0.2, 0) is 9.53 Å². The third-order valence-electron chi connectivity index (χ3n) is 4.93.